The van der Waals surface area contributed by atoms with Crippen molar-refractivity contribution in [3.8, 4) is 17.2 Å². The van der Waals surface area contributed by atoms with Crippen LogP contribution in [0.25, 0.3) is 0 Å². The van der Waals surface area contributed by atoms with Crippen LogP contribution in [0, 0.1) is 0 Å². The van der Waals surface area contributed by atoms with Crippen LogP contribution < -0.4 is 24.8 Å². The number of anilines is 1. The van der Waals surface area contributed by atoms with Gasteiger partial charge in [0.25, 0.3) is 5.91 Å². The lowest BCUT2D eigenvalue weighted by molar-refractivity contribution is 0.0977. The van der Waals surface area contributed by atoms with Gasteiger partial charge in [-0.15, -0.1) is 0 Å². The number of hydrogen-bond donors (Lipinski definition) is 2. The molecule has 2 N–H and O–H groups in total. The third-order valence-electron chi connectivity index (χ3n) is 3.34. The average molecular weight is 374 g/mol. The van der Waals surface area contributed by atoms with Crippen LogP contribution >= 0.6 is 12.2 Å². The van der Waals surface area contributed by atoms with Crippen LogP contribution in [0.1, 0.15) is 24.2 Å². The standard InChI is InChI=1S/C19H22N2O4S/c1-12(2)25-15-7-5-6-13(10-15)18(22)21-19(26)20-14-8-9-16(23-3)17(11-14)24-4/h5-12H,1-4H3,(H2,20,21,22,26). The highest BCUT2D eigenvalue weighted by molar-refractivity contribution is 7.80. The van der Waals surface area contributed by atoms with Gasteiger partial charge in [0.15, 0.2) is 16.6 Å². The van der Waals surface area contributed by atoms with E-state index in [1.807, 2.05) is 13.8 Å². The largest absolute Gasteiger partial charge is 0.493 e. The van der Waals surface area contributed by atoms with Crippen molar-refractivity contribution in [3.63, 3.8) is 0 Å². The third kappa shape index (κ3) is 5.35. The monoisotopic (exact) mass is 374 g/mol. The molecule has 0 saturated carbocycles. The van der Waals surface area contributed by atoms with Gasteiger partial charge in [-0.1, -0.05) is 6.07 Å². The van der Waals surface area contributed by atoms with Gasteiger partial charge < -0.3 is 19.5 Å². The van der Waals surface area contributed by atoms with E-state index in [9.17, 15) is 4.79 Å². The average Bonchev–Trinajstić information content (AvgIpc) is 2.61. The second kappa shape index (κ2) is 9.05. The molecule has 26 heavy (non-hydrogen) atoms. The van der Waals surface area contributed by atoms with Crippen LogP contribution in [0.2, 0.25) is 0 Å². The minimum absolute atomic E-state index is 0.0288. The predicted octanol–water partition coefficient (Wildman–Crippen LogP) is 3.62. The Kier molecular flexibility index (Phi) is 6.80. The van der Waals surface area contributed by atoms with E-state index < -0.39 is 0 Å². The first-order chi connectivity index (χ1) is 12.4. The highest BCUT2D eigenvalue weighted by Crippen LogP contribution is 2.29. The van der Waals surface area contributed by atoms with Crippen LogP contribution in [-0.2, 0) is 0 Å². The number of methoxy groups -OCH3 is 2. The van der Waals surface area contributed by atoms with Crippen LogP contribution in [0.4, 0.5) is 5.69 Å². The SMILES string of the molecule is COc1ccc(NC(=S)NC(=O)c2cccc(OC(C)C)c2)cc1OC. The fourth-order valence-corrected chi connectivity index (χ4v) is 2.44. The molecule has 138 valence electrons. The topological polar surface area (TPSA) is 68.8 Å². The van der Waals surface area contributed by atoms with Gasteiger partial charge in [0, 0.05) is 17.3 Å². The van der Waals surface area contributed by atoms with E-state index in [-0.39, 0.29) is 17.1 Å². The zero-order chi connectivity index (χ0) is 19.1. The van der Waals surface area contributed by atoms with Gasteiger partial charge in [-0.05, 0) is 56.4 Å². The molecule has 0 fully saturated rings. The van der Waals surface area contributed by atoms with E-state index >= 15 is 0 Å². The van der Waals surface area contributed by atoms with Crippen molar-refractivity contribution in [1.29, 1.82) is 0 Å². The quantitative estimate of drug-likeness (QED) is 0.753. The summed E-state index contributed by atoms with van der Waals surface area (Å²) in [6.07, 6.45) is 0.0288. The Morgan fingerprint density at radius 3 is 2.42 bits per heavy atom. The fourth-order valence-electron chi connectivity index (χ4n) is 2.23. The lowest BCUT2D eigenvalue weighted by Crippen LogP contribution is -2.34. The Bertz CT molecular complexity index is 793. The maximum Gasteiger partial charge on any atom is 0.257 e. The molecule has 1 amide bonds. The smallest absolute Gasteiger partial charge is 0.257 e. The van der Waals surface area contributed by atoms with E-state index in [1.54, 1.807) is 56.7 Å². The molecule has 2 aromatic carbocycles. The molecule has 0 atom stereocenters. The van der Waals surface area contributed by atoms with E-state index in [2.05, 4.69) is 10.6 Å². The highest BCUT2D eigenvalue weighted by atomic mass is 32.1. The minimum atomic E-state index is -0.322. The number of thiocarbonyl (C=S) groups is 1. The molecule has 0 heterocycles. The summed E-state index contributed by atoms with van der Waals surface area (Å²) in [7, 11) is 3.11. The molecule has 0 spiro atoms. The van der Waals surface area contributed by atoms with Crippen molar-refractivity contribution >= 4 is 28.9 Å². The summed E-state index contributed by atoms with van der Waals surface area (Å²) in [5.74, 6) is 1.48. The zero-order valence-corrected chi connectivity index (χ0v) is 16.0. The van der Waals surface area contributed by atoms with Crippen molar-refractivity contribution < 1.29 is 19.0 Å². The van der Waals surface area contributed by atoms with Crippen molar-refractivity contribution in [3.05, 3.63) is 48.0 Å². The van der Waals surface area contributed by atoms with Gasteiger partial charge in [0.2, 0.25) is 0 Å². The van der Waals surface area contributed by atoms with Crippen LogP contribution in [0.3, 0.4) is 0 Å². The minimum Gasteiger partial charge on any atom is -0.493 e. The van der Waals surface area contributed by atoms with Gasteiger partial charge in [0.05, 0.1) is 20.3 Å². The third-order valence-corrected chi connectivity index (χ3v) is 3.54. The molecule has 2 aromatic rings. The zero-order valence-electron chi connectivity index (χ0n) is 15.2. The van der Waals surface area contributed by atoms with Crippen LogP contribution in [0.15, 0.2) is 42.5 Å². The molecule has 0 saturated heterocycles. The number of hydrogen-bond acceptors (Lipinski definition) is 5. The second-order valence-corrected chi connectivity index (χ2v) is 6.08. The van der Waals surface area contributed by atoms with E-state index in [1.165, 1.54) is 0 Å². The first-order valence-electron chi connectivity index (χ1n) is 8.04. The second-order valence-electron chi connectivity index (χ2n) is 5.67. The number of rotatable bonds is 6. The van der Waals surface area contributed by atoms with Crippen molar-refractivity contribution in [2.24, 2.45) is 0 Å². The Balaban J connectivity index is 2.02. The lowest BCUT2D eigenvalue weighted by atomic mass is 10.2. The molecule has 0 aliphatic rings. The Morgan fingerprint density at radius 1 is 1.04 bits per heavy atom. The predicted molar refractivity (Wildman–Crippen MR) is 105 cm³/mol. The summed E-state index contributed by atoms with van der Waals surface area (Å²) >= 11 is 5.21. The summed E-state index contributed by atoms with van der Waals surface area (Å²) in [6.45, 7) is 3.85. The molecule has 0 bridgehead atoms. The summed E-state index contributed by atoms with van der Waals surface area (Å²) in [5, 5.41) is 5.77. The van der Waals surface area contributed by atoms with Crippen molar-refractivity contribution in [2.75, 3.05) is 19.5 Å². The molecule has 6 nitrogen and oxygen atoms in total. The van der Waals surface area contributed by atoms with Gasteiger partial charge >= 0.3 is 0 Å². The Morgan fingerprint density at radius 2 is 1.77 bits per heavy atom. The summed E-state index contributed by atoms with van der Waals surface area (Å²) < 4.78 is 16.0. The normalized spacial score (nSPS) is 10.2. The molecule has 0 radical (unpaired) electrons. The highest BCUT2D eigenvalue weighted by Gasteiger charge is 2.11. The fraction of sp³-hybridized carbons (Fsp3) is 0.263. The van der Waals surface area contributed by atoms with Crippen molar-refractivity contribution in [1.82, 2.24) is 5.32 Å². The van der Waals surface area contributed by atoms with E-state index in [4.69, 9.17) is 26.4 Å². The lowest BCUT2D eigenvalue weighted by Gasteiger charge is -2.13. The first kappa shape index (κ1) is 19.5. The maximum atomic E-state index is 12.4. The maximum absolute atomic E-state index is 12.4. The van der Waals surface area contributed by atoms with Gasteiger partial charge in [0.1, 0.15) is 5.75 Å². The Labute approximate surface area is 158 Å². The number of ether oxygens (including phenoxy) is 3. The molecule has 0 unspecified atom stereocenters. The van der Waals surface area contributed by atoms with Crippen molar-refractivity contribution in [2.45, 2.75) is 20.0 Å². The molecule has 0 aliphatic heterocycles. The van der Waals surface area contributed by atoms with Gasteiger partial charge in [-0.25, -0.2) is 0 Å². The summed E-state index contributed by atoms with van der Waals surface area (Å²) in [4.78, 5) is 12.4. The molecular weight excluding hydrogens is 352 g/mol. The van der Waals surface area contributed by atoms with Crippen LogP contribution in [0.5, 0.6) is 17.2 Å². The van der Waals surface area contributed by atoms with E-state index in [0.29, 0.717) is 28.5 Å². The number of carbonyl (C=O) groups is 1. The summed E-state index contributed by atoms with van der Waals surface area (Å²) in [5.41, 5.74) is 1.13. The van der Waals surface area contributed by atoms with Gasteiger partial charge in [-0.2, -0.15) is 0 Å². The molecule has 0 aliphatic carbocycles. The molecule has 7 heteroatoms. The number of carbonyl (C=O) groups excluding carboxylic acids is 1. The van der Waals surface area contributed by atoms with E-state index in [0.717, 1.165) is 0 Å². The number of benzene rings is 2. The molecular formula is C19H22N2O4S. The van der Waals surface area contributed by atoms with Gasteiger partial charge in [-0.3, -0.25) is 10.1 Å². The summed E-state index contributed by atoms with van der Waals surface area (Å²) in [6, 6.07) is 12.2. The van der Waals surface area contributed by atoms with Crippen LogP contribution in [-0.4, -0.2) is 31.3 Å². The first-order valence-corrected chi connectivity index (χ1v) is 8.45. The Hall–Kier alpha value is -2.80. The molecule has 0 aromatic heterocycles. The molecule has 2 rings (SSSR count). The number of amides is 1. The number of nitrogens with one attached hydrogen (secondary N) is 2.